The van der Waals surface area contributed by atoms with Crippen molar-refractivity contribution in [1.29, 1.82) is 0 Å². The lowest BCUT2D eigenvalue weighted by Gasteiger charge is -2.15. The Kier molecular flexibility index (Phi) is 14.7. The molecule has 0 aliphatic carbocycles. The highest BCUT2D eigenvalue weighted by Gasteiger charge is 2.18. The number of carbonyl (C=O) groups is 1. The smallest absolute Gasteiger partial charge is 0.310 e. The summed E-state index contributed by atoms with van der Waals surface area (Å²) in [5.41, 5.74) is 7.57. The molecule has 0 amide bonds. The van der Waals surface area contributed by atoms with Crippen LogP contribution in [-0.2, 0) is 16.0 Å². The molecule has 1 aromatic heterocycles. The molecular formula is C27H43NO3S. The van der Waals surface area contributed by atoms with Crippen molar-refractivity contribution in [3.8, 4) is 5.75 Å². The van der Waals surface area contributed by atoms with Crippen LogP contribution in [0.3, 0.4) is 0 Å². The number of esters is 1. The van der Waals surface area contributed by atoms with E-state index in [0.29, 0.717) is 5.92 Å². The summed E-state index contributed by atoms with van der Waals surface area (Å²) in [5, 5.41) is 2.15. The molecule has 2 N–H and O–H groups in total. The van der Waals surface area contributed by atoms with Crippen molar-refractivity contribution in [2.45, 2.75) is 91.1 Å². The zero-order chi connectivity index (χ0) is 23.8. The summed E-state index contributed by atoms with van der Waals surface area (Å²) < 4.78 is 10.8. The van der Waals surface area contributed by atoms with E-state index in [9.17, 15) is 4.79 Å². The predicted molar refractivity (Wildman–Crippen MR) is 137 cm³/mol. The topological polar surface area (TPSA) is 61.5 Å². The van der Waals surface area contributed by atoms with Crippen LogP contribution in [0.15, 0.2) is 35.7 Å². The van der Waals surface area contributed by atoms with Crippen LogP contribution in [0.4, 0.5) is 0 Å². The third kappa shape index (κ3) is 11.1. The monoisotopic (exact) mass is 461 g/mol. The molecule has 1 aromatic carbocycles. The van der Waals surface area contributed by atoms with Gasteiger partial charge in [0.25, 0.3) is 0 Å². The molecule has 0 radical (unpaired) electrons. The minimum absolute atomic E-state index is 0.154. The molecule has 0 spiro atoms. The highest BCUT2D eigenvalue weighted by Crippen LogP contribution is 2.31. The molecule has 0 fully saturated rings. The first kappa shape index (κ1) is 28.2. The zero-order valence-corrected chi connectivity index (χ0v) is 21.5. The lowest BCUT2D eigenvalue weighted by atomic mass is 10.1. The van der Waals surface area contributed by atoms with Crippen LogP contribution in [0, 0.1) is 0 Å². The van der Waals surface area contributed by atoms with E-state index in [0.717, 1.165) is 29.2 Å². The highest BCUT2D eigenvalue weighted by atomic mass is 32.1. The van der Waals surface area contributed by atoms with Gasteiger partial charge in [-0.05, 0) is 60.0 Å². The number of nitrogens with two attached hydrogens (primary N) is 1. The highest BCUT2D eigenvalue weighted by molar-refractivity contribution is 7.10. The lowest BCUT2D eigenvalue weighted by molar-refractivity contribution is -0.148. The molecule has 0 aliphatic rings. The van der Waals surface area contributed by atoms with E-state index in [4.69, 9.17) is 15.2 Å². The Morgan fingerprint density at radius 3 is 2.22 bits per heavy atom. The second-order valence-corrected chi connectivity index (χ2v) is 9.35. The van der Waals surface area contributed by atoms with Crippen LogP contribution in [0.1, 0.15) is 101 Å². The fraction of sp³-hybridized carbons (Fsp3) is 0.593. The molecule has 1 unspecified atom stereocenters. The maximum atomic E-state index is 12.2. The number of hydrogen-bond donors (Lipinski definition) is 1. The van der Waals surface area contributed by atoms with Gasteiger partial charge in [-0.3, -0.25) is 4.79 Å². The molecule has 5 heteroatoms. The summed E-state index contributed by atoms with van der Waals surface area (Å²) in [5.74, 6) is 1.09. The summed E-state index contributed by atoms with van der Waals surface area (Å²) >= 11 is 1.67. The second-order valence-electron chi connectivity index (χ2n) is 8.41. The average molecular weight is 462 g/mol. The van der Waals surface area contributed by atoms with Gasteiger partial charge in [-0.25, -0.2) is 0 Å². The first-order valence-corrected chi connectivity index (χ1v) is 12.9. The number of hydrogen-bond acceptors (Lipinski definition) is 5. The molecule has 2 rings (SSSR count). The zero-order valence-electron chi connectivity index (χ0n) is 20.7. The number of rotatable bonds is 13. The number of methoxy groups -OCH3 is 1. The molecule has 1 atom stereocenters. The quantitative estimate of drug-likeness (QED) is 0.249. The normalized spacial score (nSPS) is 11.6. The average Bonchev–Trinajstić information content (AvgIpc) is 3.29. The third-order valence-electron chi connectivity index (χ3n) is 5.33. The molecule has 1 heterocycles. The fourth-order valence-corrected chi connectivity index (χ4v) is 4.40. The minimum atomic E-state index is -0.193. The van der Waals surface area contributed by atoms with E-state index < -0.39 is 0 Å². The van der Waals surface area contributed by atoms with Crippen molar-refractivity contribution < 1.29 is 14.3 Å². The van der Waals surface area contributed by atoms with Crippen LogP contribution in [0.25, 0.3) is 0 Å². The minimum Gasteiger partial charge on any atom is -0.497 e. The van der Waals surface area contributed by atoms with Crippen molar-refractivity contribution >= 4 is 17.3 Å². The number of unbranched alkanes of at least 4 members (excludes halogenated alkanes) is 5. The molecule has 2 aromatic rings. The van der Waals surface area contributed by atoms with E-state index in [-0.39, 0.29) is 18.5 Å². The number of carbonyl (C=O) groups excluding carboxylic acids is 1. The van der Waals surface area contributed by atoms with Crippen molar-refractivity contribution in [3.05, 3.63) is 51.7 Å². The van der Waals surface area contributed by atoms with Crippen molar-refractivity contribution in [2.75, 3.05) is 13.7 Å². The summed E-state index contributed by atoms with van der Waals surface area (Å²) in [7, 11) is 1.63. The van der Waals surface area contributed by atoms with Gasteiger partial charge in [0.15, 0.2) is 0 Å². The second kappa shape index (κ2) is 16.7. The van der Waals surface area contributed by atoms with E-state index in [2.05, 4.69) is 32.2 Å². The van der Waals surface area contributed by atoms with Crippen LogP contribution < -0.4 is 10.5 Å². The fourth-order valence-electron chi connectivity index (χ4n) is 3.22. The molecule has 4 nitrogen and oxygen atoms in total. The Morgan fingerprint density at radius 1 is 1.03 bits per heavy atom. The van der Waals surface area contributed by atoms with Gasteiger partial charge >= 0.3 is 5.97 Å². The molecule has 0 aliphatic heterocycles. The number of ether oxygens (including phenoxy) is 2. The molecule has 0 saturated carbocycles. The van der Waals surface area contributed by atoms with Crippen LogP contribution in [0.2, 0.25) is 0 Å². The maximum absolute atomic E-state index is 12.2. The number of benzene rings is 1. The van der Waals surface area contributed by atoms with E-state index >= 15 is 0 Å². The maximum Gasteiger partial charge on any atom is 0.310 e. The summed E-state index contributed by atoms with van der Waals surface area (Å²) in [6.07, 6.45) is 8.96. The summed E-state index contributed by atoms with van der Waals surface area (Å²) in [6, 6.07) is 9.65. The van der Waals surface area contributed by atoms with Crippen LogP contribution in [-0.4, -0.2) is 19.6 Å². The Morgan fingerprint density at radius 2 is 1.69 bits per heavy atom. The van der Waals surface area contributed by atoms with Gasteiger partial charge in [0.05, 0.1) is 13.5 Å². The molecular weight excluding hydrogens is 418 g/mol. The molecule has 0 saturated heterocycles. The van der Waals surface area contributed by atoms with Crippen LogP contribution >= 0.6 is 11.3 Å². The Bertz CT molecular complexity index is 734. The first-order valence-electron chi connectivity index (χ1n) is 12.1. The molecule has 32 heavy (non-hydrogen) atoms. The number of thiophene rings is 1. The Labute approximate surface area is 199 Å². The van der Waals surface area contributed by atoms with Crippen molar-refractivity contribution in [2.24, 2.45) is 5.73 Å². The van der Waals surface area contributed by atoms with Crippen LogP contribution in [0.5, 0.6) is 5.75 Å². The van der Waals surface area contributed by atoms with E-state index in [1.54, 1.807) is 18.4 Å². The van der Waals surface area contributed by atoms with Gasteiger partial charge in [0.2, 0.25) is 0 Å². The summed E-state index contributed by atoms with van der Waals surface area (Å²) in [4.78, 5) is 13.3. The Hall–Kier alpha value is -1.85. The van der Waals surface area contributed by atoms with Gasteiger partial charge in [0.1, 0.15) is 11.9 Å². The van der Waals surface area contributed by atoms with E-state index in [1.807, 2.05) is 31.2 Å². The van der Waals surface area contributed by atoms with Crippen molar-refractivity contribution in [1.82, 2.24) is 0 Å². The first-order chi connectivity index (χ1) is 15.4. The third-order valence-corrected chi connectivity index (χ3v) is 6.38. The summed E-state index contributed by atoms with van der Waals surface area (Å²) in [6.45, 7) is 9.49. The molecule has 0 bridgehead atoms. The Balaban J connectivity index is 0.000000482. The van der Waals surface area contributed by atoms with Gasteiger partial charge < -0.3 is 15.2 Å². The van der Waals surface area contributed by atoms with E-state index in [1.165, 1.54) is 44.1 Å². The SMILES string of the molecule is CCC(OC(=O)Cc1ccc(OC)cc1)c1cc(C(C)C)cs1.CCCCCCCCN. The van der Waals surface area contributed by atoms with Gasteiger partial charge in [-0.2, -0.15) is 0 Å². The van der Waals surface area contributed by atoms with Gasteiger partial charge in [-0.1, -0.05) is 71.9 Å². The van der Waals surface area contributed by atoms with Gasteiger partial charge in [0, 0.05) is 4.88 Å². The van der Waals surface area contributed by atoms with Crippen molar-refractivity contribution in [3.63, 3.8) is 0 Å². The molecule has 180 valence electrons. The lowest BCUT2D eigenvalue weighted by Crippen LogP contribution is -2.12. The van der Waals surface area contributed by atoms with Gasteiger partial charge in [-0.15, -0.1) is 11.3 Å². The largest absolute Gasteiger partial charge is 0.497 e. The standard InChI is InChI=1S/C19H24O3S.C8H19N/c1-5-17(18-11-15(12-23-18)13(2)3)22-19(20)10-14-6-8-16(21-4)9-7-14;1-2-3-4-5-6-7-8-9/h6-9,11-13,17H,5,10H2,1-4H3;2-9H2,1H3. The predicted octanol–water partition coefficient (Wildman–Crippen LogP) is 7.42.